The van der Waals surface area contributed by atoms with Crippen molar-refractivity contribution in [2.75, 3.05) is 0 Å². The van der Waals surface area contributed by atoms with Gasteiger partial charge < -0.3 is 5.32 Å². The molecule has 3 heteroatoms. The van der Waals surface area contributed by atoms with Gasteiger partial charge in [-0.05, 0) is 32.1 Å². The normalized spacial score (nSPS) is 22.1. The average Bonchev–Trinajstić information content (AvgIpc) is 2.26. The van der Waals surface area contributed by atoms with Crippen LogP contribution in [0.5, 0.6) is 0 Å². The molecule has 1 amide bonds. The highest BCUT2D eigenvalue weighted by Gasteiger charge is 2.24. The summed E-state index contributed by atoms with van der Waals surface area (Å²) in [6.45, 7) is 3.86. The molecule has 2 nitrogen and oxygen atoms in total. The Bertz CT molecular complexity index is 200. The van der Waals surface area contributed by atoms with Crippen LogP contribution in [-0.4, -0.2) is 17.3 Å². The number of hydrogen-bond acceptors (Lipinski definition) is 1. The predicted octanol–water partition coefficient (Wildman–Crippen LogP) is 3.09. The van der Waals surface area contributed by atoms with Crippen LogP contribution in [0.4, 0.5) is 0 Å². The van der Waals surface area contributed by atoms with Crippen LogP contribution in [0.15, 0.2) is 0 Å². The standard InChI is InChI=1S/C12H22ClNO/c1-3-11(14-12(15)9(2)13)10-7-5-4-6-8-10/h9-11H,3-8H2,1-2H3,(H,14,15). The summed E-state index contributed by atoms with van der Waals surface area (Å²) < 4.78 is 0. The van der Waals surface area contributed by atoms with E-state index in [4.69, 9.17) is 11.6 Å². The molecule has 2 atom stereocenters. The van der Waals surface area contributed by atoms with E-state index >= 15 is 0 Å². The van der Waals surface area contributed by atoms with Gasteiger partial charge in [-0.15, -0.1) is 11.6 Å². The minimum Gasteiger partial charge on any atom is -0.352 e. The van der Waals surface area contributed by atoms with Crippen LogP contribution < -0.4 is 5.32 Å². The Kier molecular flexibility index (Phi) is 5.44. The third kappa shape index (κ3) is 4.02. The van der Waals surface area contributed by atoms with E-state index in [9.17, 15) is 4.79 Å². The number of amides is 1. The van der Waals surface area contributed by atoms with Gasteiger partial charge in [0.2, 0.25) is 5.91 Å². The second-order valence-electron chi connectivity index (χ2n) is 4.54. The maximum atomic E-state index is 11.5. The highest BCUT2D eigenvalue weighted by molar-refractivity contribution is 6.30. The van der Waals surface area contributed by atoms with Gasteiger partial charge in [0, 0.05) is 6.04 Å². The molecule has 0 heterocycles. The van der Waals surface area contributed by atoms with Crippen molar-refractivity contribution in [1.82, 2.24) is 5.32 Å². The zero-order valence-corrected chi connectivity index (χ0v) is 10.5. The summed E-state index contributed by atoms with van der Waals surface area (Å²) in [5, 5.41) is 2.65. The van der Waals surface area contributed by atoms with Gasteiger partial charge in [0.1, 0.15) is 5.38 Å². The van der Waals surface area contributed by atoms with E-state index in [2.05, 4.69) is 12.2 Å². The first-order valence-corrected chi connectivity index (χ1v) is 6.53. The molecule has 88 valence electrons. The number of alkyl halides is 1. The van der Waals surface area contributed by atoms with Gasteiger partial charge in [0.25, 0.3) is 0 Å². The van der Waals surface area contributed by atoms with Crippen LogP contribution in [0.25, 0.3) is 0 Å². The zero-order chi connectivity index (χ0) is 11.3. The molecule has 0 aromatic rings. The quantitative estimate of drug-likeness (QED) is 0.741. The first-order chi connectivity index (χ1) is 7.15. The minimum absolute atomic E-state index is 0.0194. The predicted molar refractivity (Wildman–Crippen MR) is 64.1 cm³/mol. The number of carbonyl (C=O) groups excluding carboxylic acids is 1. The fourth-order valence-electron chi connectivity index (χ4n) is 2.39. The first-order valence-electron chi connectivity index (χ1n) is 6.09. The summed E-state index contributed by atoms with van der Waals surface area (Å²) >= 11 is 5.76. The van der Waals surface area contributed by atoms with Gasteiger partial charge in [0.15, 0.2) is 0 Å². The first kappa shape index (κ1) is 12.8. The summed E-state index contributed by atoms with van der Waals surface area (Å²) in [5.74, 6) is 0.650. The van der Waals surface area contributed by atoms with E-state index in [1.807, 2.05) is 0 Å². The van der Waals surface area contributed by atoms with Crippen molar-refractivity contribution in [1.29, 1.82) is 0 Å². The third-order valence-corrected chi connectivity index (χ3v) is 3.55. The minimum atomic E-state index is -0.414. The molecule has 1 saturated carbocycles. The van der Waals surface area contributed by atoms with E-state index in [-0.39, 0.29) is 5.91 Å². The molecule has 0 aromatic carbocycles. The van der Waals surface area contributed by atoms with Gasteiger partial charge in [-0.25, -0.2) is 0 Å². The summed E-state index contributed by atoms with van der Waals surface area (Å²) in [5.41, 5.74) is 0. The van der Waals surface area contributed by atoms with Crippen LogP contribution in [0, 0.1) is 5.92 Å². The van der Waals surface area contributed by atoms with Crippen molar-refractivity contribution < 1.29 is 4.79 Å². The van der Waals surface area contributed by atoms with Crippen molar-refractivity contribution in [3.8, 4) is 0 Å². The lowest BCUT2D eigenvalue weighted by Crippen LogP contribution is -2.43. The molecule has 2 unspecified atom stereocenters. The lowest BCUT2D eigenvalue weighted by atomic mass is 9.83. The van der Waals surface area contributed by atoms with Crippen LogP contribution >= 0.6 is 11.6 Å². The fraction of sp³-hybridized carbons (Fsp3) is 0.917. The van der Waals surface area contributed by atoms with E-state index < -0.39 is 5.38 Å². The Morgan fingerprint density at radius 1 is 1.40 bits per heavy atom. The molecule has 0 spiro atoms. The van der Waals surface area contributed by atoms with Crippen LogP contribution in [-0.2, 0) is 4.79 Å². The largest absolute Gasteiger partial charge is 0.352 e. The summed E-state index contributed by atoms with van der Waals surface area (Å²) in [6.07, 6.45) is 7.51. The van der Waals surface area contributed by atoms with Gasteiger partial charge in [-0.3, -0.25) is 4.79 Å². The smallest absolute Gasteiger partial charge is 0.237 e. The summed E-state index contributed by atoms with van der Waals surface area (Å²) in [7, 11) is 0. The van der Waals surface area contributed by atoms with E-state index in [1.165, 1.54) is 32.1 Å². The van der Waals surface area contributed by atoms with Crippen LogP contribution in [0.1, 0.15) is 52.4 Å². The van der Waals surface area contributed by atoms with Gasteiger partial charge in [-0.1, -0.05) is 26.2 Å². The second-order valence-corrected chi connectivity index (χ2v) is 5.19. The lowest BCUT2D eigenvalue weighted by molar-refractivity contribution is -0.121. The number of carbonyl (C=O) groups is 1. The van der Waals surface area contributed by atoms with Crippen LogP contribution in [0.2, 0.25) is 0 Å². The van der Waals surface area contributed by atoms with Crippen LogP contribution in [0.3, 0.4) is 0 Å². The van der Waals surface area contributed by atoms with E-state index in [0.717, 1.165) is 6.42 Å². The fourth-order valence-corrected chi connectivity index (χ4v) is 2.45. The van der Waals surface area contributed by atoms with Crippen molar-refractivity contribution in [2.24, 2.45) is 5.92 Å². The topological polar surface area (TPSA) is 29.1 Å². The zero-order valence-electron chi connectivity index (χ0n) is 9.76. The summed E-state index contributed by atoms with van der Waals surface area (Å²) in [6, 6.07) is 0.332. The second kappa shape index (κ2) is 6.37. The Morgan fingerprint density at radius 3 is 2.47 bits per heavy atom. The highest BCUT2D eigenvalue weighted by atomic mass is 35.5. The Morgan fingerprint density at radius 2 is 2.00 bits per heavy atom. The average molecular weight is 232 g/mol. The van der Waals surface area contributed by atoms with Crippen molar-refractivity contribution in [2.45, 2.75) is 63.8 Å². The Hall–Kier alpha value is -0.240. The molecule has 15 heavy (non-hydrogen) atoms. The van der Waals surface area contributed by atoms with E-state index in [1.54, 1.807) is 6.92 Å². The number of halogens is 1. The maximum Gasteiger partial charge on any atom is 0.237 e. The number of nitrogens with one attached hydrogen (secondary N) is 1. The monoisotopic (exact) mass is 231 g/mol. The Balaban J connectivity index is 2.43. The molecule has 1 fully saturated rings. The van der Waals surface area contributed by atoms with Gasteiger partial charge >= 0.3 is 0 Å². The highest BCUT2D eigenvalue weighted by Crippen LogP contribution is 2.27. The summed E-state index contributed by atoms with van der Waals surface area (Å²) in [4.78, 5) is 11.5. The molecular formula is C12H22ClNO. The van der Waals surface area contributed by atoms with E-state index in [0.29, 0.717) is 12.0 Å². The molecule has 0 aromatic heterocycles. The van der Waals surface area contributed by atoms with Crippen molar-refractivity contribution >= 4 is 17.5 Å². The Labute approximate surface area is 97.8 Å². The van der Waals surface area contributed by atoms with Gasteiger partial charge in [0.05, 0.1) is 0 Å². The lowest BCUT2D eigenvalue weighted by Gasteiger charge is -2.30. The molecule has 1 rings (SSSR count). The van der Waals surface area contributed by atoms with Gasteiger partial charge in [-0.2, -0.15) is 0 Å². The van der Waals surface area contributed by atoms with Crippen molar-refractivity contribution in [3.05, 3.63) is 0 Å². The molecule has 0 saturated heterocycles. The molecule has 1 N–H and O–H groups in total. The molecular weight excluding hydrogens is 210 g/mol. The molecule has 1 aliphatic carbocycles. The third-order valence-electron chi connectivity index (χ3n) is 3.35. The molecule has 0 aliphatic heterocycles. The molecule has 1 aliphatic rings. The molecule has 0 radical (unpaired) electrons. The maximum absolute atomic E-state index is 11.5. The number of rotatable bonds is 4. The number of hydrogen-bond donors (Lipinski definition) is 1. The van der Waals surface area contributed by atoms with Crippen molar-refractivity contribution in [3.63, 3.8) is 0 Å². The molecule has 0 bridgehead atoms. The SMILES string of the molecule is CCC(NC(=O)C(C)Cl)C1CCCCC1.